The number of hydrogen-bond acceptors (Lipinski definition) is 11. The summed E-state index contributed by atoms with van der Waals surface area (Å²) in [4.78, 5) is 47.7. The van der Waals surface area contributed by atoms with E-state index >= 15 is 0 Å². The number of fused-ring (bicyclic) bond motifs is 1. The summed E-state index contributed by atoms with van der Waals surface area (Å²) in [5.41, 5.74) is 0.439. The number of carbonyl (C=O) groups is 3. The lowest BCUT2D eigenvalue weighted by atomic mass is 10.0. The lowest BCUT2D eigenvalue weighted by Gasteiger charge is -2.30. The third-order valence-corrected chi connectivity index (χ3v) is 10.8. The number of pyridine rings is 1. The lowest BCUT2D eigenvalue weighted by molar-refractivity contribution is -0.149. The monoisotopic (exact) mass is 796 g/mol. The fraction of sp³-hybridized carbons (Fsp3) is 0.429. The van der Waals surface area contributed by atoms with Crippen molar-refractivity contribution in [2.45, 2.75) is 32.0 Å². The topological polar surface area (TPSA) is 145 Å². The molecule has 3 heterocycles. The molecule has 2 aromatic carbocycles. The van der Waals surface area contributed by atoms with Crippen LogP contribution in [0.5, 0.6) is 11.5 Å². The summed E-state index contributed by atoms with van der Waals surface area (Å²) in [5.74, 6) is -2.64. The molecule has 6 rings (SSSR count). The zero-order valence-electron chi connectivity index (χ0n) is 28.5. The van der Waals surface area contributed by atoms with Gasteiger partial charge in [0.15, 0.2) is 11.5 Å². The Labute approximate surface area is 314 Å². The van der Waals surface area contributed by atoms with Crippen molar-refractivity contribution in [3.8, 4) is 11.5 Å². The predicted octanol–water partition coefficient (Wildman–Crippen LogP) is 5.00. The predicted molar refractivity (Wildman–Crippen MR) is 189 cm³/mol. The van der Waals surface area contributed by atoms with Gasteiger partial charge in [-0.3, -0.25) is 33.5 Å². The normalized spacial score (nSPS) is 16.8. The molecule has 13 nitrogen and oxygen atoms in total. The Morgan fingerprint density at radius 2 is 1.77 bits per heavy atom. The summed E-state index contributed by atoms with van der Waals surface area (Å²) in [6.45, 7) is -1.08. The van der Waals surface area contributed by atoms with Gasteiger partial charge in [0.05, 0.1) is 52.9 Å². The highest BCUT2D eigenvalue weighted by molar-refractivity contribution is 7.92. The van der Waals surface area contributed by atoms with E-state index in [4.69, 9.17) is 37.4 Å². The van der Waals surface area contributed by atoms with Crippen molar-refractivity contribution >= 4 is 56.7 Å². The van der Waals surface area contributed by atoms with Gasteiger partial charge in [-0.25, -0.2) is 8.42 Å². The van der Waals surface area contributed by atoms with Crippen LogP contribution in [0.1, 0.15) is 50.8 Å². The zero-order chi connectivity index (χ0) is 37.9. The number of anilines is 1. The summed E-state index contributed by atoms with van der Waals surface area (Å²) >= 11 is 12.8. The number of hydrogen-bond donors (Lipinski definition) is 0. The third-order valence-electron chi connectivity index (χ3n) is 9.00. The van der Waals surface area contributed by atoms with Gasteiger partial charge in [0, 0.05) is 45.0 Å². The first-order valence-corrected chi connectivity index (χ1v) is 19.4. The second-order valence-corrected chi connectivity index (χ2v) is 15.5. The van der Waals surface area contributed by atoms with Crippen LogP contribution in [-0.4, -0.2) is 106 Å². The molecule has 2 aliphatic heterocycles. The molecule has 0 unspecified atom stereocenters. The van der Waals surface area contributed by atoms with Crippen LogP contribution < -0.4 is 13.8 Å². The summed E-state index contributed by atoms with van der Waals surface area (Å²) < 4.78 is 75.3. The fourth-order valence-corrected chi connectivity index (χ4v) is 7.53. The lowest BCUT2D eigenvalue weighted by Crippen LogP contribution is -2.43. The molecule has 0 spiro atoms. The van der Waals surface area contributed by atoms with Crippen molar-refractivity contribution in [3.05, 3.63) is 81.1 Å². The zero-order valence-corrected chi connectivity index (χ0v) is 30.8. The van der Waals surface area contributed by atoms with Crippen molar-refractivity contribution in [3.63, 3.8) is 0 Å². The van der Waals surface area contributed by atoms with Crippen molar-refractivity contribution < 1.29 is 50.5 Å². The van der Waals surface area contributed by atoms with E-state index in [0.29, 0.717) is 48.9 Å². The van der Waals surface area contributed by atoms with Gasteiger partial charge in [0.25, 0.3) is 11.8 Å². The molecule has 2 fully saturated rings. The average molecular weight is 798 g/mol. The minimum atomic E-state index is -3.91. The fourth-order valence-electron chi connectivity index (χ4n) is 6.08. The van der Waals surface area contributed by atoms with Crippen molar-refractivity contribution in [2.75, 3.05) is 63.1 Å². The Balaban J connectivity index is 1.25. The molecule has 53 heavy (non-hydrogen) atoms. The molecule has 0 radical (unpaired) electrons. The Morgan fingerprint density at radius 1 is 1.06 bits per heavy atom. The smallest absolute Gasteiger partial charge is 0.387 e. The van der Waals surface area contributed by atoms with Gasteiger partial charge in [-0.05, 0) is 54.2 Å². The number of carbonyl (C=O) groups excluding carboxylic acids is 3. The maximum atomic E-state index is 13.9. The van der Waals surface area contributed by atoms with Gasteiger partial charge in [0.1, 0.15) is 12.6 Å². The molecule has 1 saturated heterocycles. The number of rotatable bonds is 16. The van der Waals surface area contributed by atoms with E-state index in [1.54, 1.807) is 0 Å². The first-order chi connectivity index (χ1) is 25.3. The molecular weight excluding hydrogens is 761 g/mol. The van der Waals surface area contributed by atoms with Crippen LogP contribution in [0.4, 0.5) is 14.5 Å². The number of amides is 2. The number of aromatic nitrogens is 1. The molecule has 18 heteroatoms. The highest BCUT2D eigenvalue weighted by atomic mass is 35.5. The van der Waals surface area contributed by atoms with Crippen LogP contribution in [0.2, 0.25) is 10.0 Å². The van der Waals surface area contributed by atoms with E-state index in [9.17, 15) is 31.6 Å². The first kappa shape index (κ1) is 38.6. The van der Waals surface area contributed by atoms with E-state index in [-0.39, 0.29) is 63.8 Å². The number of esters is 1. The van der Waals surface area contributed by atoms with E-state index in [2.05, 4.69) is 9.72 Å². The Bertz CT molecular complexity index is 1960. The van der Waals surface area contributed by atoms with Crippen LogP contribution in [0.3, 0.4) is 0 Å². The standard InChI is InChI=1S/C35H36Cl2F2N4O9S/c1-53(47,48)43(10-9-41-11-13-49-14-12-41)27-4-2-3-23-32(27)34(46)42(33(23)45)19-31(44)51-29(16-24-25(36)17-40-18-26(24)37)22-7-8-28(52-35(38)39)30(15-22)50-20-21-5-6-21/h2-4,7-8,15,17-18,21,29,35H,5-6,9-14,16,19-20H2,1H3/t29-/m0/s1. The number of sulfonamides is 1. The summed E-state index contributed by atoms with van der Waals surface area (Å²) in [7, 11) is -3.91. The minimum Gasteiger partial charge on any atom is -0.489 e. The van der Waals surface area contributed by atoms with Crippen molar-refractivity contribution in [2.24, 2.45) is 5.92 Å². The molecule has 0 bridgehead atoms. The average Bonchev–Trinajstić information content (AvgIpc) is 3.91. The van der Waals surface area contributed by atoms with E-state index in [1.807, 2.05) is 4.90 Å². The van der Waals surface area contributed by atoms with Gasteiger partial charge < -0.3 is 18.9 Å². The highest BCUT2D eigenvalue weighted by Gasteiger charge is 2.41. The number of nitrogens with zero attached hydrogens (tertiary/aromatic N) is 4. The Hall–Kier alpha value is -4.09. The van der Waals surface area contributed by atoms with Gasteiger partial charge in [-0.1, -0.05) is 35.3 Å². The van der Waals surface area contributed by atoms with Gasteiger partial charge >= 0.3 is 12.6 Å². The largest absolute Gasteiger partial charge is 0.489 e. The SMILES string of the molecule is CS(=O)(=O)N(CCN1CCOCC1)c1cccc2c1C(=O)N(CC(=O)O[C@@H](Cc1c(Cl)cncc1Cl)c1ccc(OC(F)F)c(OCC3CC3)c1)C2=O. The van der Waals surface area contributed by atoms with Crippen LogP contribution in [0, 0.1) is 5.92 Å². The second-order valence-electron chi connectivity index (χ2n) is 12.8. The maximum absolute atomic E-state index is 13.9. The van der Waals surface area contributed by atoms with E-state index in [0.717, 1.165) is 23.4 Å². The summed E-state index contributed by atoms with van der Waals surface area (Å²) in [6.07, 6.45) is 4.30. The number of ether oxygens (including phenoxy) is 4. The highest BCUT2D eigenvalue weighted by Crippen LogP contribution is 2.38. The second kappa shape index (κ2) is 16.5. The maximum Gasteiger partial charge on any atom is 0.387 e. The van der Waals surface area contributed by atoms with Crippen LogP contribution in [-0.2, 0) is 30.7 Å². The molecule has 3 aromatic rings. The van der Waals surface area contributed by atoms with Gasteiger partial charge in [0.2, 0.25) is 10.0 Å². The summed E-state index contributed by atoms with van der Waals surface area (Å²) in [5, 5.41) is 0.330. The number of imide groups is 1. The molecule has 3 aliphatic rings. The molecule has 1 aromatic heterocycles. The molecule has 2 amide bonds. The molecule has 1 saturated carbocycles. The third kappa shape index (κ3) is 9.35. The Morgan fingerprint density at radius 3 is 2.43 bits per heavy atom. The number of morpholine rings is 1. The molecule has 284 valence electrons. The molecule has 1 aliphatic carbocycles. The van der Waals surface area contributed by atoms with Gasteiger partial charge in [-0.15, -0.1) is 0 Å². The number of halogens is 4. The van der Waals surface area contributed by atoms with Crippen molar-refractivity contribution in [1.82, 2.24) is 14.8 Å². The van der Waals surface area contributed by atoms with Crippen LogP contribution in [0.25, 0.3) is 0 Å². The van der Waals surface area contributed by atoms with E-state index in [1.165, 1.54) is 48.8 Å². The van der Waals surface area contributed by atoms with Crippen molar-refractivity contribution in [1.29, 1.82) is 0 Å². The molecule has 0 N–H and O–H groups in total. The number of benzene rings is 2. The summed E-state index contributed by atoms with van der Waals surface area (Å²) in [6, 6.07) is 8.37. The molecule has 1 atom stereocenters. The minimum absolute atomic E-state index is 0.000371. The first-order valence-electron chi connectivity index (χ1n) is 16.8. The number of alkyl halides is 2. The molecular formula is C35H36Cl2F2N4O9S. The quantitative estimate of drug-likeness (QED) is 0.143. The van der Waals surface area contributed by atoms with E-state index < -0.39 is 47.1 Å². The van der Waals surface area contributed by atoms with Crippen LogP contribution >= 0.6 is 23.2 Å². The Kier molecular flexibility index (Phi) is 12.0. The van der Waals surface area contributed by atoms with Crippen LogP contribution in [0.15, 0.2) is 48.8 Å². The van der Waals surface area contributed by atoms with Gasteiger partial charge in [-0.2, -0.15) is 8.78 Å².